The molecule has 0 bridgehead atoms. The Bertz CT molecular complexity index is 689. The molecule has 156 valence electrons. The number of likely N-dealkylation sites (tertiary alicyclic amines) is 1. The summed E-state index contributed by atoms with van der Waals surface area (Å²) in [6.07, 6.45) is 3.48. The van der Waals surface area contributed by atoms with E-state index in [9.17, 15) is 4.79 Å². The number of hydrogen-bond donors (Lipinski definition) is 1. The zero-order valence-electron chi connectivity index (χ0n) is 17.2. The van der Waals surface area contributed by atoms with Gasteiger partial charge in [0.2, 0.25) is 5.91 Å². The predicted octanol–water partition coefficient (Wildman–Crippen LogP) is 2.88. The van der Waals surface area contributed by atoms with E-state index in [0.717, 1.165) is 45.0 Å². The molecule has 1 N–H and O–H groups in total. The average Bonchev–Trinajstić information content (AvgIpc) is 2.69. The molecule has 1 atom stereocenters. The molecule has 2 fully saturated rings. The van der Waals surface area contributed by atoms with E-state index in [1.54, 1.807) is 7.05 Å². The maximum absolute atomic E-state index is 12.4. The Hall–Kier alpha value is -1.35. The van der Waals surface area contributed by atoms with Crippen LogP contribution in [0, 0.1) is 13.8 Å². The standard InChI is InChI=1S/C21H32N4O2.HI/c1-16-7-8-18(17(2)13-16)19-15-25(11-12-27-19)21(22-3)23-14-20(26)24-9-5-4-6-10-24;/h7-8,13,19H,4-6,9-12,14-15H2,1-3H3,(H,22,23);1H. The van der Waals surface area contributed by atoms with Crippen LogP contribution in [-0.2, 0) is 9.53 Å². The highest BCUT2D eigenvalue weighted by molar-refractivity contribution is 14.0. The first-order chi connectivity index (χ1) is 13.1. The quantitative estimate of drug-likeness (QED) is 0.394. The highest BCUT2D eigenvalue weighted by Gasteiger charge is 2.26. The molecule has 1 aromatic rings. The van der Waals surface area contributed by atoms with Crippen molar-refractivity contribution in [2.75, 3.05) is 46.4 Å². The Balaban J connectivity index is 0.00000280. The fourth-order valence-corrected chi connectivity index (χ4v) is 3.96. The summed E-state index contributed by atoms with van der Waals surface area (Å²) in [6, 6.07) is 6.49. The Labute approximate surface area is 185 Å². The third-order valence-electron chi connectivity index (χ3n) is 5.46. The Morgan fingerprint density at radius 2 is 1.93 bits per heavy atom. The second kappa shape index (κ2) is 11.0. The van der Waals surface area contributed by atoms with E-state index >= 15 is 0 Å². The Morgan fingerprint density at radius 1 is 1.18 bits per heavy atom. The number of guanidine groups is 1. The molecule has 2 heterocycles. The number of nitrogens with zero attached hydrogens (tertiary/aromatic N) is 3. The van der Waals surface area contributed by atoms with E-state index in [0.29, 0.717) is 13.2 Å². The summed E-state index contributed by atoms with van der Waals surface area (Å²) in [5.41, 5.74) is 3.74. The molecule has 1 aromatic carbocycles. The van der Waals surface area contributed by atoms with E-state index in [1.165, 1.54) is 23.1 Å². The van der Waals surface area contributed by atoms with E-state index in [4.69, 9.17) is 4.74 Å². The molecule has 2 saturated heterocycles. The number of carbonyl (C=O) groups excluding carboxylic acids is 1. The van der Waals surface area contributed by atoms with Crippen LogP contribution in [0.25, 0.3) is 0 Å². The smallest absolute Gasteiger partial charge is 0.241 e. The summed E-state index contributed by atoms with van der Waals surface area (Å²) in [5.74, 6) is 0.938. The summed E-state index contributed by atoms with van der Waals surface area (Å²) in [7, 11) is 1.77. The van der Waals surface area contributed by atoms with E-state index in [2.05, 4.69) is 47.3 Å². The third kappa shape index (κ3) is 5.83. The van der Waals surface area contributed by atoms with Gasteiger partial charge in [-0.05, 0) is 44.2 Å². The van der Waals surface area contributed by atoms with Gasteiger partial charge in [0.1, 0.15) is 6.10 Å². The van der Waals surface area contributed by atoms with Gasteiger partial charge in [-0.3, -0.25) is 9.79 Å². The number of nitrogens with one attached hydrogen (secondary N) is 1. The molecular weight excluding hydrogens is 467 g/mol. The summed E-state index contributed by atoms with van der Waals surface area (Å²) < 4.78 is 6.03. The monoisotopic (exact) mass is 500 g/mol. The van der Waals surface area contributed by atoms with Crippen molar-refractivity contribution in [1.82, 2.24) is 15.1 Å². The van der Waals surface area contributed by atoms with Gasteiger partial charge in [0.05, 0.1) is 19.7 Å². The third-order valence-corrected chi connectivity index (χ3v) is 5.46. The van der Waals surface area contributed by atoms with Crippen LogP contribution in [0.2, 0.25) is 0 Å². The lowest BCUT2D eigenvalue weighted by molar-refractivity contribution is -0.130. The lowest BCUT2D eigenvalue weighted by atomic mass is 10.00. The second-order valence-corrected chi connectivity index (χ2v) is 7.51. The molecule has 6 nitrogen and oxygen atoms in total. The maximum atomic E-state index is 12.4. The topological polar surface area (TPSA) is 57.2 Å². The van der Waals surface area contributed by atoms with Crippen molar-refractivity contribution < 1.29 is 9.53 Å². The average molecular weight is 500 g/mol. The summed E-state index contributed by atoms with van der Waals surface area (Å²) >= 11 is 0. The lowest BCUT2D eigenvalue weighted by Crippen LogP contribution is -2.51. The van der Waals surface area contributed by atoms with Gasteiger partial charge in [-0.2, -0.15) is 0 Å². The van der Waals surface area contributed by atoms with Gasteiger partial charge < -0.3 is 19.9 Å². The molecule has 1 amide bonds. The molecule has 3 rings (SSSR count). The molecule has 7 heteroatoms. The van der Waals surface area contributed by atoms with Crippen molar-refractivity contribution in [2.24, 2.45) is 4.99 Å². The van der Waals surface area contributed by atoms with E-state index in [1.807, 2.05) is 4.90 Å². The molecule has 2 aliphatic rings. The van der Waals surface area contributed by atoms with Gasteiger partial charge >= 0.3 is 0 Å². The van der Waals surface area contributed by atoms with Gasteiger partial charge in [-0.15, -0.1) is 24.0 Å². The largest absolute Gasteiger partial charge is 0.370 e. The van der Waals surface area contributed by atoms with E-state index < -0.39 is 0 Å². The minimum Gasteiger partial charge on any atom is -0.370 e. The lowest BCUT2D eigenvalue weighted by Gasteiger charge is -2.36. The fourth-order valence-electron chi connectivity index (χ4n) is 3.96. The van der Waals surface area contributed by atoms with Crippen LogP contribution in [0.3, 0.4) is 0 Å². The maximum Gasteiger partial charge on any atom is 0.241 e. The Morgan fingerprint density at radius 3 is 2.61 bits per heavy atom. The first-order valence-electron chi connectivity index (χ1n) is 10.0. The van der Waals surface area contributed by atoms with Crippen molar-refractivity contribution in [1.29, 1.82) is 0 Å². The van der Waals surface area contributed by atoms with Crippen molar-refractivity contribution >= 4 is 35.8 Å². The number of morpholine rings is 1. The van der Waals surface area contributed by atoms with Crippen molar-refractivity contribution in [3.63, 3.8) is 0 Å². The summed E-state index contributed by atoms with van der Waals surface area (Å²) in [4.78, 5) is 21.0. The van der Waals surface area contributed by atoms with Crippen LogP contribution < -0.4 is 5.32 Å². The number of halogens is 1. The van der Waals surface area contributed by atoms with Gasteiger partial charge in [-0.25, -0.2) is 0 Å². The van der Waals surface area contributed by atoms with Gasteiger partial charge in [0, 0.05) is 26.7 Å². The van der Waals surface area contributed by atoms with Gasteiger partial charge in [0.15, 0.2) is 5.96 Å². The van der Waals surface area contributed by atoms with Crippen LogP contribution in [0.15, 0.2) is 23.2 Å². The number of hydrogen-bond acceptors (Lipinski definition) is 3. The van der Waals surface area contributed by atoms with Crippen LogP contribution in [0.4, 0.5) is 0 Å². The molecule has 1 unspecified atom stereocenters. The van der Waals surface area contributed by atoms with Gasteiger partial charge in [-0.1, -0.05) is 23.8 Å². The zero-order valence-corrected chi connectivity index (χ0v) is 19.6. The van der Waals surface area contributed by atoms with Crippen LogP contribution >= 0.6 is 24.0 Å². The van der Waals surface area contributed by atoms with Crippen molar-refractivity contribution in [2.45, 2.75) is 39.2 Å². The SMILES string of the molecule is CN=C(NCC(=O)N1CCCCC1)N1CCOC(c2ccc(C)cc2C)C1.I. The van der Waals surface area contributed by atoms with Crippen LogP contribution in [-0.4, -0.2) is 68.0 Å². The number of carbonyl (C=O) groups is 1. The predicted molar refractivity (Wildman–Crippen MR) is 123 cm³/mol. The van der Waals surface area contributed by atoms with Crippen molar-refractivity contribution in [3.05, 3.63) is 34.9 Å². The van der Waals surface area contributed by atoms with Crippen LogP contribution in [0.1, 0.15) is 42.1 Å². The number of benzene rings is 1. The second-order valence-electron chi connectivity index (χ2n) is 7.51. The number of piperidine rings is 1. The van der Waals surface area contributed by atoms with Gasteiger partial charge in [0.25, 0.3) is 0 Å². The van der Waals surface area contributed by atoms with E-state index in [-0.39, 0.29) is 36.0 Å². The number of ether oxygens (including phenoxy) is 1. The number of aryl methyl sites for hydroxylation is 2. The highest BCUT2D eigenvalue weighted by atomic mass is 127. The zero-order chi connectivity index (χ0) is 19.2. The molecule has 0 aromatic heterocycles. The molecular formula is C21H33IN4O2. The number of amides is 1. The normalized spacial score (nSPS) is 20.5. The molecule has 0 spiro atoms. The summed E-state index contributed by atoms with van der Waals surface area (Å²) in [5, 5.41) is 3.26. The number of aliphatic imine (C=N–C) groups is 1. The van der Waals surface area contributed by atoms with Crippen molar-refractivity contribution in [3.8, 4) is 0 Å². The van der Waals surface area contributed by atoms with Crippen LogP contribution in [0.5, 0.6) is 0 Å². The first-order valence-corrected chi connectivity index (χ1v) is 10.0. The fraction of sp³-hybridized carbons (Fsp3) is 0.619. The molecule has 28 heavy (non-hydrogen) atoms. The molecule has 2 aliphatic heterocycles. The molecule has 0 radical (unpaired) electrons. The summed E-state index contributed by atoms with van der Waals surface area (Å²) in [6.45, 7) is 8.47. The Kier molecular flexibility index (Phi) is 9.01. The molecule has 0 aliphatic carbocycles. The minimum absolute atomic E-state index is 0. The minimum atomic E-state index is 0. The highest BCUT2D eigenvalue weighted by Crippen LogP contribution is 2.25. The first kappa shape index (κ1) is 22.9. The number of rotatable bonds is 3. The molecule has 0 saturated carbocycles.